The van der Waals surface area contributed by atoms with Gasteiger partial charge in [-0.05, 0) is 91.7 Å². The van der Waals surface area contributed by atoms with Crippen LogP contribution in [0.4, 0.5) is 0 Å². The van der Waals surface area contributed by atoms with Crippen LogP contribution < -0.4 is 4.74 Å². The van der Waals surface area contributed by atoms with E-state index in [-0.39, 0.29) is 0 Å². The predicted octanol–water partition coefficient (Wildman–Crippen LogP) is 6.38. The zero-order valence-corrected chi connectivity index (χ0v) is 18.0. The Morgan fingerprint density at radius 2 is 1.67 bits per heavy atom. The summed E-state index contributed by atoms with van der Waals surface area (Å²) >= 11 is 0. The van der Waals surface area contributed by atoms with Crippen molar-refractivity contribution in [1.29, 1.82) is 0 Å². The molecule has 0 unspecified atom stereocenters. The third kappa shape index (κ3) is 3.62. The highest BCUT2D eigenvalue weighted by Crippen LogP contribution is 2.61. The molecule has 0 atom stereocenters. The van der Waals surface area contributed by atoms with Crippen molar-refractivity contribution in [3.63, 3.8) is 0 Å². The highest BCUT2D eigenvalue weighted by molar-refractivity contribution is 6.06. The molecule has 0 N–H and O–H groups in total. The molecule has 4 saturated carbocycles. The molecule has 4 bridgehead atoms. The number of carbonyl (C=O) groups is 1. The fourth-order valence-electron chi connectivity index (χ4n) is 7.02. The van der Waals surface area contributed by atoms with Crippen LogP contribution in [0.3, 0.4) is 0 Å². The van der Waals surface area contributed by atoms with Crippen molar-refractivity contribution in [3.05, 3.63) is 71.3 Å². The molecule has 0 aromatic heterocycles. The van der Waals surface area contributed by atoms with Crippen LogP contribution in [0.15, 0.2) is 54.6 Å². The van der Waals surface area contributed by atoms with Gasteiger partial charge in [0.2, 0.25) is 0 Å². The summed E-state index contributed by atoms with van der Waals surface area (Å²) in [6.07, 6.45) is 13.3. The number of hydrogen-bond donors (Lipinski definition) is 0. The van der Waals surface area contributed by atoms with Crippen molar-refractivity contribution in [2.24, 2.45) is 17.8 Å². The van der Waals surface area contributed by atoms with Crippen LogP contribution in [0.2, 0.25) is 0 Å². The van der Waals surface area contributed by atoms with Crippen molar-refractivity contribution in [1.82, 2.24) is 0 Å². The molecule has 156 valence electrons. The standard InChI is InChI=1S/C28H32O2/c1-30-27-11-10-20(6-5-9-25(19-29)24-7-3-2-4-8-24)15-26(27)28-16-21-12-22(17-28)14-23(13-21)18-28/h2-4,7-11,15,19,21-23H,5-6,12-14,16-18H2,1H3/b25-9+. The highest BCUT2D eigenvalue weighted by atomic mass is 16.5. The molecule has 0 spiro atoms. The van der Waals surface area contributed by atoms with Crippen molar-refractivity contribution < 1.29 is 9.53 Å². The number of hydrogen-bond acceptors (Lipinski definition) is 2. The van der Waals surface area contributed by atoms with Gasteiger partial charge < -0.3 is 4.74 Å². The van der Waals surface area contributed by atoms with E-state index in [1.807, 2.05) is 37.4 Å². The molecule has 0 aliphatic heterocycles. The van der Waals surface area contributed by atoms with Crippen LogP contribution in [0.5, 0.6) is 5.75 Å². The first-order chi connectivity index (χ1) is 14.7. The summed E-state index contributed by atoms with van der Waals surface area (Å²) in [4.78, 5) is 11.6. The van der Waals surface area contributed by atoms with Gasteiger partial charge in [0.15, 0.2) is 0 Å². The minimum Gasteiger partial charge on any atom is -0.496 e. The Bertz CT molecular complexity index is 905. The lowest BCUT2D eigenvalue weighted by Gasteiger charge is -2.57. The molecule has 2 heteroatoms. The monoisotopic (exact) mass is 400 g/mol. The maximum absolute atomic E-state index is 11.6. The smallest absolute Gasteiger partial charge is 0.150 e. The van der Waals surface area contributed by atoms with Crippen LogP contribution in [0.25, 0.3) is 5.57 Å². The van der Waals surface area contributed by atoms with E-state index >= 15 is 0 Å². The quantitative estimate of drug-likeness (QED) is 0.398. The van der Waals surface area contributed by atoms with Gasteiger partial charge in [0.1, 0.15) is 12.0 Å². The van der Waals surface area contributed by atoms with Gasteiger partial charge in [-0.3, -0.25) is 4.79 Å². The zero-order valence-electron chi connectivity index (χ0n) is 18.0. The Morgan fingerprint density at radius 3 is 2.27 bits per heavy atom. The predicted molar refractivity (Wildman–Crippen MR) is 122 cm³/mol. The van der Waals surface area contributed by atoms with Gasteiger partial charge in [-0.15, -0.1) is 0 Å². The van der Waals surface area contributed by atoms with Crippen molar-refractivity contribution in [2.45, 2.75) is 56.8 Å². The van der Waals surface area contributed by atoms with E-state index in [1.54, 1.807) is 0 Å². The second-order valence-corrected chi connectivity index (χ2v) is 9.91. The molecule has 4 aliphatic rings. The second-order valence-electron chi connectivity index (χ2n) is 9.91. The van der Waals surface area contributed by atoms with E-state index in [0.29, 0.717) is 5.41 Å². The van der Waals surface area contributed by atoms with Gasteiger partial charge in [-0.25, -0.2) is 0 Å². The van der Waals surface area contributed by atoms with E-state index < -0.39 is 0 Å². The molecule has 0 radical (unpaired) electrons. The first-order valence-corrected chi connectivity index (χ1v) is 11.6. The summed E-state index contributed by atoms with van der Waals surface area (Å²) in [5.41, 5.74) is 4.94. The molecule has 0 amide bonds. The Balaban J connectivity index is 1.38. The van der Waals surface area contributed by atoms with Crippen LogP contribution >= 0.6 is 0 Å². The average molecular weight is 401 g/mol. The van der Waals surface area contributed by atoms with Crippen molar-refractivity contribution >= 4 is 11.9 Å². The summed E-state index contributed by atoms with van der Waals surface area (Å²) in [6.45, 7) is 0. The fourth-order valence-corrected chi connectivity index (χ4v) is 7.02. The molecular weight excluding hydrogens is 368 g/mol. The largest absolute Gasteiger partial charge is 0.496 e. The van der Waals surface area contributed by atoms with Crippen molar-refractivity contribution in [2.75, 3.05) is 7.11 Å². The number of rotatable bonds is 7. The number of benzene rings is 2. The van der Waals surface area contributed by atoms with Gasteiger partial charge >= 0.3 is 0 Å². The molecule has 4 fully saturated rings. The molecule has 0 heterocycles. The van der Waals surface area contributed by atoms with Gasteiger partial charge in [-0.2, -0.15) is 0 Å². The molecule has 2 aromatic rings. The van der Waals surface area contributed by atoms with Gasteiger partial charge in [0.25, 0.3) is 0 Å². The first-order valence-electron chi connectivity index (χ1n) is 11.6. The second kappa shape index (κ2) is 8.06. The Hall–Kier alpha value is -2.35. The summed E-state index contributed by atoms with van der Waals surface area (Å²) in [5, 5.41) is 0. The zero-order chi connectivity index (χ0) is 20.6. The Kier molecular flexibility index (Phi) is 5.26. The van der Waals surface area contributed by atoms with Crippen LogP contribution in [-0.4, -0.2) is 13.4 Å². The Morgan fingerprint density at radius 1 is 1.00 bits per heavy atom. The number of aryl methyl sites for hydroxylation is 1. The van der Waals surface area contributed by atoms with Crippen LogP contribution in [0, 0.1) is 17.8 Å². The van der Waals surface area contributed by atoms with Crippen molar-refractivity contribution in [3.8, 4) is 5.75 Å². The summed E-state index contributed by atoms with van der Waals surface area (Å²) in [5.74, 6) is 3.85. The molecule has 0 saturated heterocycles. The number of ether oxygens (including phenoxy) is 1. The lowest BCUT2D eigenvalue weighted by atomic mass is 9.48. The lowest BCUT2D eigenvalue weighted by molar-refractivity contribution is -0.103. The molecule has 30 heavy (non-hydrogen) atoms. The van der Waals surface area contributed by atoms with Gasteiger partial charge in [0, 0.05) is 11.1 Å². The summed E-state index contributed by atoms with van der Waals surface area (Å²) in [7, 11) is 1.82. The lowest BCUT2D eigenvalue weighted by Crippen LogP contribution is -2.48. The maximum atomic E-state index is 11.6. The van der Waals surface area contributed by atoms with Crippen LogP contribution in [0.1, 0.15) is 61.6 Å². The maximum Gasteiger partial charge on any atom is 0.150 e. The number of aldehydes is 1. The minimum absolute atomic E-state index is 0.337. The number of carbonyl (C=O) groups excluding carboxylic acids is 1. The minimum atomic E-state index is 0.337. The third-order valence-corrected chi connectivity index (χ3v) is 7.90. The van der Waals surface area contributed by atoms with E-state index in [0.717, 1.165) is 53.8 Å². The van der Waals surface area contributed by atoms with Crippen LogP contribution in [-0.2, 0) is 16.6 Å². The van der Waals surface area contributed by atoms with E-state index in [2.05, 4.69) is 24.3 Å². The van der Waals surface area contributed by atoms with E-state index in [4.69, 9.17) is 4.74 Å². The summed E-state index contributed by atoms with van der Waals surface area (Å²) in [6, 6.07) is 16.8. The van der Waals surface area contributed by atoms with E-state index in [9.17, 15) is 4.79 Å². The highest BCUT2D eigenvalue weighted by Gasteiger charge is 2.52. The summed E-state index contributed by atoms with van der Waals surface area (Å²) < 4.78 is 5.85. The molecule has 2 nitrogen and oxygen atoms in total. The normalized spacial score (nSPS) is 29.8. The van der Waals surface area contributed by atoms with E-state index in [1.165, 1.54) is 49.7 Å². The number of allylic oxidation sites excluding steroid dienone is 2. The molecule has 4 aliphatic carbocycles. The first kappa shape index (κ1) is 19.6. The molecule has 2 aromatic carbocycles. The number of methoxy groups -OCH3 is 1. The van der Waals surface area contributed by atoms with Gasteiger partial charge in [-0.1, -0.05) is 48.5 Å². The molecule has 6 rings (SSSR count). The average Bonchev–Trinajstić information content (AvgIpc) is 2.76. The molecular formula is C28H32O2. The fraction of sp³-hybridized carbons (Fsp3) is 0.464. The third-order valence-electron chi connectivity index (χ3n) is 7.90. The topological polar surface area (TPSA) is 26.3 Å². The Labute approximate surface area is 180 Å². The van der Waals surface area contributed by atoms with Gasteiger partial charge in [0.05, 0.1) is 7.11 Å². The SMILES string of the molecule is COc1ccc(CC/C=C(\C=O)c2ccccc2)cc1C12CC3CC(CC(C3)C1)C2.